The third-order valence-corrected chi connectivity index (χ3v) is 3.69. The number of rotatable bonds is 5. The van der Waals surface area contributed by atoms with Crippen molar-refractivity contribution in [2.45, 2.75) is 32.6 Å². The van der Waals surface area contributed by atoms with Gasteiger partial charge in [-0.15, -0.1) is 11.3 Å². The van der Waals surface area contributed by atoms with E-state index in [9.17, 15) is 13.2 Å². The summed E-state index contributed by atoms with van der Waals surface area (Å²) in [6.45, 7) is 2.95. The molecule has 2 aromatic heterocycles. The molecule has 2 aromatic rings. The molecule has 0 fully saturated rings. The molecule has 0 unspecified atom stereocenters. The van der Waals surface area contributed by atoms with Crippen LogP contribution in [-0.4, -0.2) is 35.2 Å². The fourth-order valence-corrected chi connectivity index (χ4v) is 2.81. The van der Waals surface area contributed by atoms with Crippen molar-refractivity contribution in [2.24, 2.45) is 0 Å². The van der Waals surface area contributed by atoms with E-state index < -0.39 is 12.7 Å². The van der Waals surface area contributed by atoms with Crippen molar-refractivity contribution in [3.63, 3.8) is 0 Å². The van der Waals surface area contributed by atoms with E-state index in [0.29, 0.717) is 17.3 Å². The number of alkyl halides is 3. The number of imidazole rings is 1. The summed E-state index contributed by atoms with van der Waals surface area (Å²) in [5.74, 6) is 0.401. The molecular weight excluding hydrogens is 289 g/mol. The number of aromatic nitrogens is 2. The molecule has 0 saturated carbocycles. The standard InChI is InChI=1S/C12H17F3N4S/c1-8(2)19(7-12(13,14)15)10-9(6-16-3)18-4-5-20-11(18)17-10/h4-5,8,16H,6-7H2,1-3H3. The molecule has 20 heavy (non-hydrogen) atoms. The van der Waals surface area contributed by atoms with Gasteiger partial charge in [0.2, 0.25) is 0 Å². The van der Waals surface area contributed by atoms with Gasteiger partial charge in [-0.05, 0) is 20.9 Å². The minimum Gasteiger partial charge on any atom is -0.343 e. The van der Waals surface area contributed by atoms with Crippen LogP contribution in [0.25, 0.3) is 4.96 Å². The highest BCUT2D eigenvalue weighted by atomic mass is 32.1. The summed E-state index contributed by atoms with van der Waals surface area (Å²) in [6, 6.07) is -0.281. The second-order valence-electron chi connectivity index (χ2n) is 4.80. The maximum atomic E-state index is 12.8. The minimum atomic E-state index is -4.25. The molecule has 0 aromatic carbocycles. The topological polar surface area (TPSA) is 32.6 Å². The van der Waals surface area contributed by atoms with Gasteiger partial charge in [-0.25, -0.2) is 4.98 Å². The summed E-state index contributed by atoms with van der Waals surface area (Å²) in [5.41, 5.74) is 0.752. The maximum Gasteiger partial charge on any atom is 0.405 e. The number of halogens is 3. The van der Waals surface area contributed by atoms with E-state index >= 15 is 0 Å². The molecule has 0 aliphatic rings. The van der Waals surface area contributed by atoms with Crippen molar-refractivity contribution in [1.82, 2.24) is 14.7 Å². The molecule has 0 atom stereocenters. The van der Waals surface area contributed by atoms with Crippen LogP contribution in [0.2, 0.25) is 0 Å². The first kappa shape index (κ1) is 15.1. The highest BCUT2D eigenvalue weighted by Crippen LogP contribution is 2.29. The van der Waals surface area contributed by atoms with Crippen LogP contribution < -0.4 is 10.2 Å². The Labute approximate surface area is 119 Å². The molecule has 4 nitrogen and oxygen atoms in total. The Morgan fingerprint density at radius 3 is 2.70 bits per heavy atom. The highest BCUT2D eigenvalue weighted by Gasteiger charge is 2.34. The Morgan fingerprint density at radius 1 is 1.45 bits per heavy atom. The van der Waals surface area contributed by atoms with Gasteiger partial charge in [-0.1, -0.05) is 0 Å². The zero-order chi connectivity index (χ0) is 14.9. The molecule has 0 amide bonds. The number of hydrogen-bond acceptors (Lipinski definition) is 4. The number of nitrogens with zero attached hydrogens (tertiary/aromatic N) is 3. The van der Waals surface area contributed by atoms with Crippen LogP contribution in [-0.2, 0) is 6.54 Å². The second-order valence-corrected chi connectivity index (χ2v) is 5.68. The molecule has 0 aliphatic heterocycles. The Bertz CT molecular complexity index is 573. The Morgan fingerprint density at radius 2 is 2.15 bits per heavy atom. The van der Waals surface area contributed by atoms with Gasteiger partial charge >= 0.3 is 6.18 Å². The van der Waals surface area contributed by atoms with Gasteiger partial charge in [0.25, 0.3) is 0 Å². The van der Waals surface area contributed by atoms with E-state index in [1.54, 1.807) is 20.9 Å². The van der Waals surface area contributed by atoms with Gasteiger partial charge < -0.3 is 10.2 Å². The third-order valence-electron chi connectivity index (χ3n) is 2.93. The normalized spacial score (nSPS) is 12.6. The molecule has 0 bridgehead atoms. The van der Waals surface area contributed by atoms with Crippen molar-refractivity contribution in [3.8, 4) is 0 Å². The molecule has 112 valence electrons. The number of hydrogen-bond donors (Lipinski definition) is 1. The van der Waals surface area contributed by atoms with Gasteiger partial charge in [0, 0.05) is 24.2 Å². The first-order valence-corrected chi connectivity index (χ1v) is 7.14. The average Bonchev–Trinajstić information content (AvgIpc) is 2.87. The molecule has 0 radical (unpaired) electrons. The van der Waals surface area contributed by atoms with Gasteiger partial charge in [-0.3, -0.25) is 4.40 Å². The monoisotopic (exact) mass is 306 g/mol. The summed E-state index contributed by atoms with van der Waals surface area (Å²) < 4.78 is 40.1. The Kier molecular flexibility index (Phi) is 4.24. The molecule has 0 aliphatic carbocycles. The van der Waals surface area contributed by atoms with E-state index in [4.69, 9.17) is 0 Å². The van der Waals surface area contributed by atoms with Crippen LogP contribution in [0.1, 0.15) is 19.5 Å². The van der Waals surface area contributed by atoms with Crippen LogP contribution in [0.4, 0.5) is 19.0 Å². The van der Waals surface area contributed by atoms with Crippen molar-refractivity contribution >= 4 is 22.1 Å². The van der Waals surface area contributed by atoms with E-state index in [-0.39, 0.29) is 6.04 Å². The summed E-state index contributed by atoms with van der Waals surface area (Å²) >= 11 is 1.41. The summed E-state index contributed by atoms with van der Waals surface area (Å²) in [6.07, 6.45) is -2.42. The quantitative estimate of drug-likeness (QED) is 0.922. The van der Waals surface area contributed by atoms with Gasteiger partial charge in [0.05, 0.1) is 5.69 Å². The summed E-state index contributed by atoms with van der Waals surface area (Å²) in [4.78, 5) is 6.37. The fourth-order valence-electron chi connectivity index (χ4n) is 2.08. The number of anilines is 1. The zero-order valence-electron chi connectivity index (χ0n) is 11.5. The minimum absolute atomic E-state index is 0.281. The Balaban J connectivity index is 2.46. The van der Waals surface area contributed by atoms with E-state index in [2.05, 4.69) is 10.3 Å². The van der Waals surface area contributed by atoms with Crippen LogP contribution in [0.5, 0.6) is 0 Å². The van der Waals surface area contributed by atoms with E-state index in [1.807, 2.05) is 16.0 Å². The Hall–Kier alpha value is -1.28. The van der Waals surface area contributed by atoms with Gasteiger partial charge in [0.15, 0.2) is 10.8 Å². The predicted octanol–water partition coefficient (Wildman–Crippen LogP) is 2.89. The summed E-state index contributed by atoms with van der Waals surface area (Å²) in [5, 5.41) is 4.85. The van der Waals surface area contributed by atoms with Crippen LogP contribution >= 0.6 is 11.3 Å². The van der Waals surface area contributed by atoms with E-state index in [0.717, 1.165) is 5.69 Å². The average molecular weight is 306 g/mol. The smallest absolute Gasteiger partial charge is 0.343 e. The molecular formula is C12H17F3N4S. The predicted molar refractivity (Wildman–Crippen MR) is 74.4 cm³/mol. The molecule has 2 heterocycles. The van der Waals surface area contributed by atoms with Gasteiger partial charge in [0.1, 0.15) is 6.54 Å². The molecule has 1 N–H and O–H groups in total. The maximum absolute atomic E-state index is 12.8. The van der Waals surface area contributed by atoms with Crippen LogP contribution in [0, 0.1) is 0 Å². The lowest BCUT2D eigenvalue weighted by atomic mass is 10.2. The summed E-state index contributed by atoms with van der Waals surface area (Å²) in [7, 11) is 1.76. The lowest BCUT2D eigenvalue weighted by molar-refractivity contribution is -0.120. The SMILES string of the molecule is CNCc1c(N(CC(F)(F)F)C(C)C)nc2sccn12. The third kappa shape index (κ3) is 3.06. The number of thiazole rings is 1. The lowest BCUT2D eigenvalue weighted by Crippen LogP contribution is -2.40. The molecule has 2 rings (SSSR count). The largest absolute Gasteiger partial charge is 0.405 e. The lowest BCUT2D eigenvalue weighted by Gasteiger charge is -2.28. The molecule has 0 spiro atoms. The first-order valence-electron chi connectivity index (χ1n) is 6.26. The molecule has 8 heteroatoms. The van der Waals surface area contributed by atoms with E-state index in [1.165, 1.54) is 16.2 Å². The van der Waals surface area contributed by atoms with Crippen molar-refractivity contribution < 1.29 is 13.2 Å². The van der Waals surface area contributed by atoms with Crippen LogP contribution in [0.15, 0.2) is 11.6 Å². The number of fused-ring (bicyclic) bond motifs is 1. The van der Waals surface area contributed by atoms with Crippen molar-refractivity contribution in [3.05, 3.63) is 17.3 Å². The molecule has 0 saturated heterocycles. The van der Waals surface area contributed by atoms with Gasteiger partial charge in [-0.2, -0.15) is 13.2 Å². The fraction of sp³-hybridized carbons (Fsp3) is 0.583. The van der Waals surface area contributed by atoms with Crippen molar-refractivity contribution in [1.29, 1.82) is 0 Å². The zero-order valence-corrected chi connectivity index (χ0v) is 12.3. The number of nitrogens with one attached hydrogen (secondary N) is 1. The van der Waals surface area contributed by atoms with Crippen LogP contribution in [0.3, 0.4) is 0 Å². The second kappa shape index (κ2) is 5.61. The van der Waals surface area contributed by atoms with Crippen molar-refractivity contribution in [2.75, 3.05) is 18.5 Å². The highest BCUT2D eigenvalue weighted by molar-refractivity contribution is 7.15. The first-order chi connectivity index (χ1) is 9.33.